The van der Waals surface area contributed by atoms with E-state index in [1.54, 1.807) is 0 Å². The zero-order valence-corrected chi connectivity index (χ0v) is 12.0. The first kappa shape index (κ1) is 13.9. The highest BCUT2D eigenvalue weighted by Crippen LogP contribution is 2.32. The molecule has 1 aliphatic carbocycles. The van der Waals surface area contributed by atoms with Crippen LogP contribution in [-0.2, 0) is 17.6 Å². The summed E-state index contributed by atoms with van der Waals surface area (Å²) in [5, 5.41) is 9.24. The summed E-state index contributed by atoms with van der Waals surface area (Å²) in [7, 11) is 0. The number of carbonyl (C=O) groups is 2. The van der Waals surface area contributed by atoms with Crippen molar-refractivity contribution in [3.8, 4) is 0 Å². The highest BCUT2D eigenvalue weighted by atomic mass is 16.4. The van der Waals surface area contributed by atoms with Crippen molar-refractivity contribution in [1.82, 2.24) is 4.98 Å². The van der Waals surface area contributed by atoms with Crippen molar-refractivity contribution in [3.05, 3.63) is 22.9 Å². The molecule has 2 heterocycles. The molecule has 1 aromatic heterocycles. The van der Waals surface area contributed by atoms with Crippen LogP contribution in [0.3, 0.4) is 0 Å². The molecule has 2 unspecified atom stereocenters. The third-order valence-electron chi connectivity index (χ3n) is 4.53. The van der Waals surface area contributed by atoms with E-state index < -0.39 is 17.8 Å². The van der Waals surface area contributed by atoms with Crippen LogP contribution in [0.1, 0.15) is 35.0 Å². The fraction of sp³-hybridized carbons (Fsp3) is 0.533. The van der Waals surface area contributed by atoms with Gasteiger partial charge < -0.3 is 15.7 Å². The van der Waals surface area contributed by atoms with Crippen LogP contribution in [0.4, 0.5) is 5.82 Å². The minimum absolute atomic E-state index is 0.0262. The number of hydrogen-bond donors (Lipinski definition) is 2. The van der Waals surface area contributed by atoms with Gasteiger partial charge in [0.2, 0.25) is 0 Å². The molecule has 6 heteroatoms. The molecule has 112 valence electrons. The number of aliphatic carboxylic acids is 1. The van der Waals surface area contributed by atoms with Gasteiger partial charge in [0.15, 0.2) is 0 Å². The normalized spacial score (nSPS) is 24.1. The molecule has 1 saturated heterocycles. The highest BCUT2D eigenvalue weighted by Gasteiger charge is 2.37. The molecule has 0 spiro atoms. The van der Waals surface area contributed by atoms with Gasteiger partial charge in [-0.3, -0.25) is 9.59 Å². The van der Waals surface area contributed by atoms with Crippen molar-refractivity contribution < 1.29 is 14.7 Å². The average molecular weight is 289 g/mol. The molecule has 0 saturated carbocycles. The van der Waals surface area contributed by atoms with Gasteiger partial charge in [0.05, 0.1) is 11.5 Å². The number of amides is 1. The lowest BCUT2D eigenvalue weighted by atomic mass is 9.99. The number of hydrogen-bond acceptors (Lipinski definition) is 4. The number of rotatable bonds is 3. The van der Waals surface area contributed by atoms with E-state index in [9.17, 15) is 14.7 Å². The quantitative estimate of drug-likeness (QED) is 0.859. The fourth-order valence-electron chi connectivity index (χ4n) is 3.34. The summed E-state index contributed by atoms with van der Waals surface area (Å²) in [5.41, 5.74) is 8.00. The van der Waals surface area contributed by atoms with Gasteiger partial charge >= 0.3 is 5.97 Å². The first-order valence-electron chi connectivity index (χ1n) is 7.27. The van der Waals surface area contributed by atoms with Crippen LogP contribution >= 0.6 is 0 Å². The minimum Gasteiger partial charge on any atom is -0.481 e. The van der Waals surface area contributed by atoms with Crippen LogP contribution in [-0.4, -0.2) is 35.1 Å². The Morgan fingerprint density at radius 2 is 2.14 bits per heavy atom. The van der Waals surface area contributed by atoms with Crippen LogP contribution in [0.2, 0.25) is 0 Å². The van der Waals surface area contributed by atoms with E-state index in [1.807, 2.05) is 17.9 Å². The molecule has 0 bridgehead atoms. The smallest absolute Gasteiger partial charge is 0.308 e. The van der Waals surface area contributed by atoms with Crippen molar-refractivity contribution in [2.75, 3.05) is 18.0 Å². The van der Waals surface area contributed by atoms with Gasteiger partial charge in [0, 0.05) is 18.8 Å². The van der Waals surface area contributed by atoms with Crippen LogP contribution in [0.5, 0.6) is 0 Å². The molecule has 1 aromatic rings. The highest BCUT2D eigenvalue weighted by molar-refractivity contribution is 5.98. The Bertz CT molecular complexity index is 614. The molecule has 0 radical (unpaired) electrons. The number of carbonyl (C=O) groups excluding carboxylic acids is 1. The molecule has 1 aliphatic heterocycles. The van der Waals surface area contributed by atoms with Crippen LogP contribution in [0.15, 0.2) is 6.07 Å². The monoisotopic (exact) mass is 289 g/mol. The van der Waals surface area contributed by atoms with Crippen molar-refractivity contribution >= 4 is 17.7 Å². The summed E-state index contributed by atoms with van der Waals surface area (Å²) in [6.07, 6.45) is 2.88. The van der Waals surface area contributed by atoms with Crippen molar-refractivity contribution in [3.63, 3.8) is 0 Å². The lowest BCUT2D eigenvalue weighted by Crippen LogP contribution is -2.27. The predicted molar refractivity (Wildman–Crippen MR) is 77.3 cm³/mol. The average Bonchev–Trinajstić information content (AvgIpc) is 3.02. The second-order valence-corrected chi connectivity index (χ2v) is 6.01. The van der Waals surface area contributed by atoms with Crippen molar-refractivity contribution in [2.45, 2.75) is 26.2 Å². The third-order valence-corrected chi connectivity index (χ3v) is 4.53. The Balaban J connectivity index is 1.98. The number of aromatic nitrogens is 1. The number of fused-ring (bicyclic) bond motifs is 1. The van der Waals surface area contributed by atoms with Gasteiger partial charge in [0.25, 0.3) is 5.91 Å². The fourth-order valence-corrected chi connectivity index (χ4v) is 3.34. The molecule has 2 aliphatic rings. The lowest BCUT2D eigenvalue weighted by molar-refractivity contribution is -0.142. The Morgan fingerprint density at radius 3 is 2.76 bits per heavy atom. The molecule has 0 aromatic carbocycles. The maximum Gasteiger partial charge on any atom is 0.308 e. The van der Waals surface area contributed by atoms with Gasteiger partial charge in [-0.05, 0) is 36.8 Å². The van der Waals surface area contributed by atoms with Gasteiger partial charge in [0.1, 0.15) is 5.82 Å². The van der Waals surface area contributed by atoms with Crippen molar-refractivity contribution in [2.24, 2.45) is 17.6 Å². The molecular weight excluding hydrogens is 270 g/mol. The molecule has 6 nitrogen and oxygen atoms in total. The van der Waals surface area contributed by atoms with Gasteiger partial charge in [-0.15, -0.1) is 0 Å². The largest absolute Gasteiger partial charge is 0.481 e. The number of carboxylic acid groups (broad SMARTS) is 1. The number of anilines is 1. The number of primary amides is 1. The molecular formula is C15H19N3O3. The standard InChI is InChI=1S/C15H19N3O3/c1-8-6-18(7-11(8)15(20)21)14-10(13(16)19)5-9-3-2-4-12(9)17-14/h5,8,11H,2-4,6-7H2,1H3,(H2,16,19)(H,20,21). The van der Waals surface area contributed by atoms with E-state index >= 15 is 0 Å². The molecule has 21 heavy (non-hydrogen) atoms. The summed E-state index contributed by atoms with van der Waals surface area (Å²) < 4.78 is 0. The maximum atomic E-state index is 11.7. The topological polar surface area (TPSA) is 96.5 Å². The number of nitrogens with zero attached hydrogens (tertiary/aromatic N) is 2. The minimum atomic E-state index is -0.799. The summed E-state index contributed by atoms with van der Waals surface area (Å²) >= 11 is 0. The van der Waals surface area contributed by atoms with E-state index in [-0.39, 0.29) is 5.92 Å². The zero-order chi connectivity index (χ0) is 15.1. The summed E-state index contributed by atoms with van der Waals surface area (Å²) in [4.78, 5) is 29.5. The van der Waals surface area contributed by atoms with E-state index in [4.69, 9.17) is 5.73 Å². The number of nitrogens with two attached hydrogens (primary N) is 1. The van der Waals surface area contributed by atoms with Gasteiger partial charge in [-0.25, -0.2) is 4.98 Å². The third kappa shape index (κ3) is 2.34. The second kappa shape index (κ2) is 5.02. The van der Waals surface area contributed by atoms with Crippen molar-refractivity contribution in [1.29, 1.82) is 0 Å². The molecule has 1 fully saturated rings. The number of aryl methyl sites for hydroxylation is 2. The van der Waals surface area contributed by atoms with E-state index in [1.165, 1.54) is 0 Å². The van der Waals surface area contributed by atoms with Gasteiger partial charge in [-0.1, -0.05) is 6.92 Å². The molecule has 3 N–H and O–H groups in total. The number of carboxylic acids is 1. The van der Waals surface area contributed by atoms with E-state index in [2.05, 4.69) is 4.98 Å². The Kier molecular flexibility index (Phi) is 3.31. The Labute approximate surface area is 123 Å². The predicted octanol–water partition coefficient (Wildman–Crippen LogP) is 0.826. The molecule has 3 rings (SSSR count). The van der Waals surface area contributed by atoms with Gasteiger partial charge in [-0.2, -0.15) is 0 Å². The Morgan fingerprint density at radius 1 is 1.38 bits per heavy atom. The Hall–Kier alpha value is -2.11. The van der Waals surface area contributed by atoms with E-state index in [0.29, 0.717) is 24.5 Å². The molecule has 2 atom stereocenters. The zero-order valence-electron chi connectivity index (χ0n) is 12.0. The summed E-state index contributed by atoms with van der Waals surface area (Å²) in [6.45, 7) is 2.88. The van der Waals surface area contributed by atoms with Crippen LogP contribution < -0.4 is 10.6 Å². The van der Waals surface area contributed by atoms with Crippen LogP contribution in [0, 0.1) is 11.8 Å². The van der Waals surface area contributed by atoms with E-state index in [0.717, 1.165) is 30.5 Å². The second-order valence-electron chi connectivity index (χ2n) is 6.01. The SMILES string of the molecule is CC1CN(c2nc3c(cc2C(N)=O)CCC3)CC1C(=O)O. The first-order chi connectivity index (χ1) is 9.97. The first-order valence-corrected chi connectivity index (χ1v) is 7.27. The maximum absolute atomic E-state index is 11.7. The summed E-state index contributed by atoms with van der Waals surface area (Å²) in [5.74, 6) is -1.15. The summed E-state index contributed by atoms with van der Waals surface area (Å²) in [6, 6.07) is 1.84. The lowest BCUT2D eigenvalue weighted by Gasteiger charge is -2.20. The number of pyridine rings is 1. The molecule has 1 amide bonds. The van der Waals surface area contributed by atoms with Crippen LogP contribution in [0.25, 0.3) is 0 Å².